The molecule has 2 unspecified atom stereocenters. The molecule has 1 saturated heterocycles. The molecular formula is C12H15F3N2O2. The molecule has 1 aromatic heterocycles. The second kappa shape index (κ2) is 4.97. The maximum absolute atomic E-state index is 12.8. The summed E-state index contributed by atoms with van der Waals surface area (Å²) in [6, 6.07) is 2.18. The van der Waals surface area contributed by atoms with Crippen LogP contribution in [0.4, 0.5) is 19.0 Å². The maximum atomic E-state index is 12.8. The molecule has 0 aliphatic carbocycles. The second-order valence-corrected chi connectivity index (χ2v) is 4.62. The number of hydrogen-bond donors (Lipinski definition) is 2. The molecule has 7 heteroatoms. The van der Waals surface area contributed by atoms with Gasteiger partial charge in [0.1, 0.15) is 11.4 Å². The first-order chi connectivity index (χ1) is 8.83. The number of aliphatic hydroxyl groups is 1. The lowest BCUT2D eigenvalue weighted by Gasteiger charge is -2.27. The van der Waals surface area contributed by atoms with Crippen molar-refractivity contribution in [3.63, 3.8) is 0 Å². The Morgan fingerprint density at radius 1 is 1.58 bits per heavy atom. The lowest BCUT2D eigenvalue weighted by molar-refractivity contribution is -0.137. The smallest absolute Gasteiger partial charge is 0.385 e. The molecule has 106 valence electrons. The van der Waals surface area contributed by atoms with Gasteiger partial charge < -0.3 is 15.2 Å². The Balaban J connectivity index is 2.12. The molecule has 0 radical (unpaired) electrons. The van der Waals surface area contributed by atoms with Crippen molar-refractivity contribution in [1.82, 2.24) is 4.98 Å². The van der Waals surface area contributed by atoms with Gasteiger partial charge in [0.15, 0.2) is 0 Å². The molecule has 1 fully saturated rings. The van der Waals surface area contributed by atoms with Crippen LogP contribution in [-0.2, 0) is 10.9 Å². The van der Waals surface area contributed by atoms with Crippen molar-refractivity contribution < 1.29 is 23.0 Å². The highest BCUT2D eigenvalue weighted by Crippen LogP contribution is 2.34. The fourth-order valence-electron chi connectivity index (χ4n) is 2.01. The molecule has 1 aromatic rings. The first-order valence-corrected chi connectivity index (χ1v) is 5.93. The van der Waals surface area contributed by atoms with Crippen LogP contribution < -0.4 is 5.32 Å². The highest BCUT2D eigenvalue weighted by Gasteiger charge is 2.40. The van der Waals surface area contributed by atoms with Gasteiger partial charge in [-0.15, -0.1) is 0 Å². The summed E-state index contributed by atoms with van der Waals surface area (Å²) in [5.41, 5.74) is -2.01. The van der Waals surface area contributed by atoms with Gasteiger partial charge in [0, 0.05) is 25.8 Å². The quantitative estimate of drug-likeness (QED) is 0.887. The van der Waals surface area contributed by atoms with Gasteiger partial charge in [-0.1, -0.05) is 0 Å². The molecule has 4 nitrogen and oxygen atoms in total. The van der Waals surface area contributed by atoms with Gasteiger partial charge in [-0.25, -0.2) is 4.98 Å². The average molecular weight is 276 g/mol. The Morgan fingerprint density at radius 2 is 2.32 bits per heavy atom. The van der Waals surface area contributed by atoms with Crippen LogP contribution in [0.15, 0.2) is 18.3 Å². The predicted octanol–water partition coefficient (Wildman–Crippen LogP) is 2.05. The minimum atomic E-state index is -4.48. The van der Waals surface area contributed by atoms with Gasteiger partial charge in [0.25, 0.3) is 0 Å². The number of pyridine rings is 1. The monoisotopic (exact) mass is 276 g/mol. The van der Waals surface area contributed by atoms with Crippen molar-refractivity contribution in [2.75, 3.05) is 18.5 Å². The number of alkyl halides is 3. The van der Waals surface area contributed by atoms with E-state index in [0.717, 1.165) is 6.07 Å². The molecule has 2 atom stereocenters. The number of nitrogens with zero attached hydrogens (tertiary/aromatic N) is 1. The number of rotatable bonds is 3. The highest BCUT2D eigenvalue weighted by molar-refractivity contribution is 5.45. The molecule has 0 amide bonds. The van der Waals surface area contributed by atoms with E-state index in [1.54, 1.807) is 6.92 Å². The molecule has 0 spiro atoms. The third-order valence-corrected chi connectivity index (χ3v) is 3.33. The van der Waals surface area contributed by atoms with Crippen LogP contribution in [0.1, 0.15) is 18.9 Å². The molecule has 0 saturated carbocycles. The van der Waals surface area contributed by atoms with E-state index < -0.39 is 23.4 Å². The molecule has 2 N–H and O–H groups in total. The largest absolute Gasteiger partial charge is 0.419 e. The summed E-state index contributed by atoms with van der Waals surface area (Å²) >= 11 is 0. The minimum Gasteiger partial charge on any atom is -0.385 e. The zero-order chi connectivity index (χ0) is 14.1. The highest BCUT2D eigenvalue weighted by atomic mass is 19.4. The predicted molar refractivity (Wildman–Crippen MR) is 62.7 cm³/mol. The van der Waals surface area contributed by atoms with Gasteiger partial charge in [-0.2, -0.15) is 13.2 Å². The van der Waals surface area contributed by atoms with Crippen molar-refractivity contribution in [3.05, 3.63) is 23.9 Å². The summed E-state index contributed by atoms with van der Waals surface area (Å²) in [7, 11) is 0. The van der Waals surface area contributed by atoms with Crippen LogP contribution in [0.3, 0.4) is 0 Å². The fraction of sp³-hybridized carbons (Fsp3) is 0.583. The topological polar surface area (TPSA) is 54.4 Å². The molecule has 1 aliphatic heterocycles. The van der Waals surface area contributed by atoms with E-state index in [1.165, 1.54) is 12.3 Å². The summed E-state index contributed by atoms with van der Waals surface area (Å²) in [5, 5.41) is 12.8. The van der Waals surface area contributed by atoms with Crippen LogP contribution in [0.2, 0.25) is 0 Å². The van der Waals surface area contributed by atoms with Crippen LogP contribution >= 0.6 is 0 Å². The molecule has 0 aromatic carbocycles. The molecule has 1 aliphatic rings. The Hall–Kier alpha value is -1.34. The van der Waals surface area contributed by atoms with E-state index in [-0.39, 0.29) is 12.4 Å². The number of aromatic nitrogens is 1. The SMILES string of the molecule is CC1OCCC1(O)CNc1ncccc1C(F)(F)F. The van der Waals surface area contributed by atoms with E-state index in [2.05, 4.69) is 10.3 Å². The summed E-state index contributed by atoms with van der Waals surface area (Å²) < 4.78 is 43.5. The lowest BCUT2D eigenvalue weighted by atomic mass is 9.96. The number of anilines is 1. The third kappa shape index (κ3) is 2.98. The summed E-state index contributed by atoms with van der Waals surface area (Å²) in [6.45, 7) is 2.06. The first-order valence-electron chi connectivity index (χ1n) is 5.93. The molecule has 0 bridgehead atoms. The Kier molecular flexibility index (Phi) is 3.69. The summed E-state index contributed by atoms with van der Waals surface area (Å²) in [5.74, 6) is -0.275. The molecular weight excluding hydrogens is 261 g/mol. The number of hydrogen-bond acceptors (Lipinski definition) is 4. The van der Waals surface area contributed by atoms with Gasteiger partial charge in [0.2, 0.25) is 0 Å². The minimum absolute atomic E-state index is 0.0335. The van der Waals surface area contributed by atoms with Gasteiger partial charge in [0.05, 0.1) is 11.7 Å². The van der Waals surface area contributed by atoms with Crippen LogP contribution in [0.5, 0.6) is 0 Å². The zero-order valence-corrected chi connectivity index (χ0v) is 10.4. The third-order valence-electron chi connectivity index (χ3n) is 3.33. The summed E-state index contributed by atoms with van der Waals surface area (Å²) in [6.07, 6.45) is -3.24. The van der Waals surface area contributed by atoms with E-state index >= 15 is 0 Å². The van der Waals surface area contributed by atoms with Crippen molar-refractivity contribution in [3.8, 4) is 0 Å². The zero-order valence-electron chi connectivity index (χ0n) is 10.4. The Labute approximate surface area is 108 Å². The maximum Gasteiger partial charge on any atom is 0.419 e. The van der Waals surface area contributed by atoms with Crippen molar-refractivity contribution >= 4 is 5.82 Å². The molecule has 19 heavy (non-hydrogen) atoms. The molecule has 2 heterocycles. The van der Waals surface area contributed by atoms with Crippen molar-refractivity contribution in [2.45, 2.75) is 31.2 Å². The van der Waals surface area contributed by atoms with E-state index in [0.29, 0.717) is 13.0 Å². The van der Waals surface area contributed by atoms with Gasteiger partial charge in [-0.3, -0.25) is 0 Å². The van der Waals surface area contributed by atoms with E-state index in [1.807, 2.05) is 0 Å². The number of halogens is 3. The number of nitrogens with one attached hydrogen (secondary N) is 1. The van der Waals surface area contributed by atoms with Gasteiger partial charge >= 0.3 is 6.18 Å². The fourth-order valence-corrected chi connectivity index (χ4v) is 2.01. The van der Waals surface area contributed by atoms with E-state index in [9.17, 15) is 18.3 Å². The lowest BCUT2D eigenvalue weighted by Crippen LogP contribution is -2.43. The van der Waals surface area contributed by atoms with Gasteiger partial charge in [-0.05, 0) is 19.1 Å². The standard InChI is InChI=1S/C12H15F3N2O2/c1-8-11(18,4-6-19-8)7-17-10-9(12(13,14)15)3-2-5-16-10/h2-3,5,8,18H,4,6-7H2,1H3,(H,16,17). The van der Waals surface area contributed by atoms with Crippen molar-refractivity contribution in [2.24, 2.45) is 0 Å². The van der Waals surface area contributed by atoms with Crippen LogP contribution in [-0.4, -0.2) is 34.9 Å². The Bertz CT molecular complexity index is 453. The average Bonchev–Trinajstić information content (AvgIpc) is 2.67. The Morgan fingerprint density at radius 3 is 2.89 bits per heavy atom. The second-order valence-electron chi connectivity index (χ2n) is 4.62. The van der Waals surface area contributed by atoms with E-state index in [4.69, 9.17) is 4.74 Å². The van der Waals surface area contributed by atoms with Crippen LogP contribution in [0, 0.1) is 0 Å². The first kappa shape index (κ1) is 14.1. The number of ether oxygens (including phenoxy) is 1. The molecule has 2 rings (SSSR count). The summed E-state index contributed by atoms with van der Waals surface area (Å²) in [4.78, 5) is 3.68. The normalized spacial score (nSPS) is 27.5. The van der Waals surface area contributed by atoms with Crippen molar-refractivity contribution in [1.29, 1.82) is 0 Å². The van der Waals surface area contributed by atoms with Crippen LogP contribution in [0.25, 0.3) is 0 Å².